The summed E-state index contributed by atoms with van der Waals surface area (Å²) in [4.78, 5) is 0. The Balaban J connectivity index is 2.00. The van der Waals surface area contributed by atoms with E-state index in [0.29, 0.717) is 11.7 Å². The van der Waals surface area contributed by atoms with Gasteiger partial charge < -0.3 is 10.2 Å². The van der Waals surface area contributed by atoms with Crippen LogP contribution >= 0.6 is 0 Å². The largest absolute Gasteiger partial charge is 0.508 e. The van der Waals surface area contributed by atoms with Crippen LogP contribution in [0.15, 0.2) is 24.3 Å². The number of phenols is 2. The molecule has 19 heavy (non-hydrogen) atoms. The number of benzene rings is 2. The third-order valence-corrected chi connectivity index (χ3v) is 5.07. The average Bonchev–Trinajstić information content (AvgIpc) is 2.88. The van der Waals surface area contributed by atoms with Gasteiger partial charge in [-0.2, -0.15) is 0 Å². The van der Waals surface area contributed by atoms with Crippen molar-refractivity contribution in [3.8, 4) is 11.5 Å². The number of hydrogen-bond donors (Lipinski definition) is 2. The molecule has 98 valence electrons. The van der Waals surface area contributed by atoms with E-state index in [0.717, 1.165) is 23.1 Å². The number of hydrogen-bond acceptors (Lipinski definition) is 2. The number of fused-ring (bicyclic) bond motifs is 5. The molecule has 0 radical (unpaired) electrons. The Bertz CT molecular complexity index is 660. The molecule has 0 amide bonds. The zero-order chi connectivity index (χ0) is 13.0. The van der Waals surface area contributed by atoms with Gasteiger partial charge >= 0.3 is 0 Å². The monoisotopic (exact) mass is 254 g/mol. The SMILES string of the molecule is Oc1ccc2c3c(cc(O)c2c1)C1CCCC1CC3. The van der Waals surface area contributed by atoms with E-state index in [4.69, 9.17) is 0 Å². The van der Waals surface area contributed by atoms with Gasteiger partial charge in [0.15, 0.2) is 0 Å². The highest BCUT2D eigenvalue weighted by molar-refractivity contribution is 5.93. The van der Waals surface area contributed by atoms with Gasteiger partial charge in [0.2, 0.25) is 0 Å². The molecule has 2 aromatic rings. The molecule has 2 heteroatoms. The summed E-state index contributed by atoms with van der Waals surface area (Å²) >= 11 is 0. The van der Waals surface area contributed by atoms with Crippen molar-refractivity contribution in [2.75, 3.05) is 0 Å². The van der Waals surface area contributed by atoms with Crippen LogP contribution in [0, 0.1) is 5.92 Å². The Hall–Kier alpha value is -1.70. The van der Waals surface area contributed by atoms with Crippen LogP contribution in [-0.4, -0.2) is 10.2 Å². The van der Waals surface area contributed by atoms with Gasteiger partial charge in [-0.3, -0.25) is 0 Å². The second-order valence-electron chi connectivity index (χ2n) is 6.03. The first-order valence-electron chi connectivity index (χ1n) is 7.21. The summed E-state index contributed by atoms with van der Waals surface area (Å²) in [5.74, 6) is 2.00. The summed E-state index contributed by atoms with van der Waals surface area (Å²) in [6, 6.07) is 7.31. The normalized spacial score (nSPS) is 25.3. The molecule has 0 aliphatic heterocycles. The second-order valence-corrected chi connectivity index (χ2v) is 6.03. The summed E-state index contributed by atoms with van der Waals surface area (Å²) in [5, 5.41) is 21.8. The van der Waals surface area contributed by atoms with Crippen molar-refractivity contribution in [3.63, 3.8) is 0 Å². The molecule has 2 aromatic carbocycles. The van der Waals surface area contributed by atoms with E-state index in [1.807, 2.05) is 12.1 Å². The molecular weight excluding hydrogens is 236 g/mol. The topological polar surface area (TPSA) is 40.5 Å². The Kier molecular flexibility index (Phi) is 2.29. The standard InChI is InChI=1S/C17H18O2/c18-11-5-7-14-13-6-4-10-2-1-3-12(10)15(13)9-17(19)16(14)8-11/h5,7-10,12,18-19H,1-4,6H2. The Morgan fingerprint density at radius 3 is 2.74 bits per heavy atom. The first kappa shape index (κ1) is 11.2. The zero-order valence-corrected chi connectivity index (χ0v) is 10.9. The molecule has 2 nitrogen and oxygen atoms in total. The molecule has 0 aromatic heterocycles. The fraction of sp³-hybridized carbons (Fsp3) is 0.412. The summed E-state index contributed by atoms with van der Waals surface area (Å²) in [6.07, 6.45) is 6.32. The molecule has 2 N–H and O–H groups in total. The van der Waals surface area contributed by atoms with Crippen LogP contribution in [0.3, 0.4) is 0 Å². The third-order valence-electron chi connectivity index (χ3n) is 5.07. The average molecular weight is 254 g/mol. The molecule has 0 heterocycles. The predicted molar refractivity (Wildman–Crippen MR) is 75.7 cm³/mol. The van der Waals surface area contributed by atoms with Gasteiger partial charge in [0.05, 0.1) is 0 Å². The van der Waals surface area contributed by atoms with E-state index in [2.05, 4.69) is 0 Å². The number of rotatable bonds is 0. The lowest BCUT2D eigenvalue weighted by atomic mass is 9.75. The summed E-state index contributed by atoms with van der Waals surface area (Å²) in [7, 11) is 0. The molecule has 2 unspecified atom stereocenters. The molecular formula is C17H18O2. The lowest BCUT2D eigenvalue weighted by Gasteiger charge is -2.29. The molecule has 4 rings (SSSR count). The van der Waals surface area contributed by atoms with Crippen LogP contribution in [0.1, 0.15) is 42.7 Å². The van der Waals surface area contributed by atoms with E-state index in [9.17, 15) is 10.2 Å². The molecule has 0 saturated heterocycles. The highest BCUT2D eigenvalue weighted by atomic mass is 16.3. The zero-order valence-electron chi connectivity index (χ0n) is 10.9. The van der Waals surface area contributed by atoms with E-state index < -0.39 is 0 Å². The lowest BCUT2D eigenvalue weighted by Crippen LogP contribution is -2.16. The molecule has 2 atom stereocenters. The van der Waals surface area contributed by atoms with Crippen LogP contribution < -0.4 is 0 Å². The van der Waals surface area contributed by atoms with Crippen molar-refractivity contribution in [2.45, 2.75) is 38.0 Å². The Labute approximate surface area is 112 Å². The van der Waals surface area contributed by atoms with E-state index in [-0.39, 0.29) is 5.75 Å². The highest BCUT2D eigenvalue weighted by Crippen LogP contribution is 2.49. The van der Waals surface area contributed by atoms with Crippen LogP contribution in [-0.2, 0) is 6.42 Å². The number of aromatic hydroxyl groups is 2. The fourth-order valence-electron chi connectivity index (χ4n) is 4.21. The smallest absolute Gasteiger partial charge is 0.123 e. The van der Waals surface area contributed by atoms with Gasteiger partial charge in [0, 0.05) is 5.39 Å². The Morgan fingerprint density at radius 1 is 0.947 bits per heavy atom. The van der Waals surface area contributed by atoms with Gasteiger partial charge in [0.25, 0.3) is 0 Å². The lowest BCUT2D eigenvalue weighted by molar-refractivity contribution is 0.420. The van der Waals surface area contributed by atoms with Crippen molar-refractivity contribution in [3.05, 3.63) is 35.4 Å². The fourth-order valence-corrected chi connectivity index (χ4v) is 4.21. The molecule has 0 spiro atoms. The van der Waals surface area contributed by atoms with Crippen LogP contribution in [0.25, 0.3) is 10.8 Å². The van der Waals surface area contributed by atoms with Crippen molar-refractivity contribution >= 4 is 10.8 Å². The Morgan fingerprint density at radius 2 is 1.84 bits per heavy atom. The van der Waals surface area contributed by atoms with Crippen molar-refractivity contribution < 1.29 is 10.2 Å². The maximum Gasteiger partial charge on any atom is 0.123 e. The minimum atomic E-state index is 0.220. The van der Waals surface area contributed by atoms with E-state index in [1.165, 1.54) is 36.8 Å². The van der Waals surface area contributed by atoms with Crippen molar-refractivity contribution in [2.24, 2.45) is 5.92 Å². The van der Waals surface area contributed by atoms with Crippen LogP contribution in [0.5, 0.6) is 11.5 Å². The second kappa shape index (κ2) is 3.89. The number of aryl methyl sites for hydroxylation is 1. The van der Waals surface area contributed by atoms with Crippen molar-refractivity contribution in [1.29, 1.82) is 0 Å². The van der Waals surface area contributed by atoms with Crippen LogP contribution in [0.2, 0.25) is 0 Å². The quantitative estimate of drug-likeness (QED) is 0.743. The summed E-state index contributed by atoms with van der Waals surface area (Å²) in [6.45, 7) is 0. The highest BCUT2D eigenvalue weighted by Gasteiger charge is 2.34. The predicted octanol–water partition coefficient (Wildman–Crippen LogP) is 4.08. The van der Waals surface area contributed by atoms with Gasteiger partial charge in [-0.15, -0.1) is 0 Å². The summed E-state index contributed by atoms with van der Waals surface area (Å²) < 4.78 is 0. The summed E-state index contributed by atoms with van der Waals surface area (Å²) in [5.41, 5.74) is 2.76. The molecule has 1 fully saturated rings. The van der Waals surface area contributed by atoms with E-state index in [1.54, 1.807) is 12.1 Å². The minimum Gasteiger partial charge on any atom is -0.508 e. The first-order valence-corrected chi connectivity index (χ1v) is 7.21. The van der Waals surface area contributed by atoms with Gasteiger partial charge in [-0.1, -0.05) is 12.5 Å². The maximum atomic E-state index is 10.3. The van der Waals surface area contributed by atoms with Crippen LogP contribution in [0.4, 0.5) is 0 Å². The van der Waals surface area contributed by atoms with Gasteiger partial charge in [-0.05, 0) is 72.2 Å². The number of phenolic OH excluding ortho intramolecular Hbond substituents is 2. The molecule has 1 saturated carbocycles. The van der Waals surface area contributed by atoms with Crippen molar-refractivity contribution in [1.82, 2.24) is 0 Å². The van der Waals surface area contributed by atoms with E-state index >= 15 is 0 Å². The maximum absolute atomic E-state index is 10.3. The van der Waals surface area contributed by atoms with Gasteiger partial charge in [-0.25, -0.2) is 0 Å². The van der Waals surface area contributed by atoms with Gasteiger partial charge in [0.1, 0.15) is 11.5 Å². The molecule has 2 aliphatic rings. The first-order chi connectivity index (χ1) is 9.24. The molecule has 2 aliphatic carbocycles. The molecule has 0 bridgehead atoms. The third kappa shape index (κ3) is 1.55. The minimum absolute atomic E-state index is 0.220.